The summed E-state index contributed by atoms with van der Waals surface area (Å²) >= 11 is 0. The molecule has 1 N–H and O–H groups in total. The van der Waals surface area contributed by atoms with Gasteiger partial charge < -0.3 is 9.84 Å². The van der Waals surface area contributed by atoms with Crippen molar-refractivity contribution in [2.75, 3.05) is 19.7 Å². The molecule has 1 unspecified atom stereocenters. The number of rotatable bonds is 4. The maximum Gasteiger partial charge on any atom is 0.329 e. The number of piperidine rings is 1. The molecule has 1 aliphatic heterocycles. The Balaban J connectivity index is 1.50. The summed E-state index contributed by atoms with van der Waals surface area (Å²) in [5.41, 5.74) is 3.01. The van der Waals surface area contributed by atoms with E-state index in [1.807, 2.05) is 0 Å². The molecule has 1 heterocycles. The van der Waals surface area contributed by atoms with Gasteiger partial charge in [-0.05, 0) is 43.2 Å². The quantitative estimate of drug-likeness (QED) is 0.922. The average molecular weight is 289 g/mol. The van der Waals surface area contributed by atoms with Crippen LogP contribution in [0.1, 0.15) is 30.4 Å². The number of fused-ring (bicyclic) bond motifs is 1. The highest BCUT2D eigenvalue weighted by Crippen LogP contribution is 2.26. The van der Waals surface area contributed by atoms with Crippen LogP contribution in [0.4, 0.5) is 0 Å². The Morgan fingerprint density at radius 1 is 1.19 bits per heavy atom. The molecule has 3 rings (SSSR count). The summed E-state index contributed by atoms with van der Waals surface area (Å²) in [7, 11) is 0. The number of aryl methyl sites for hydroxylation is 1. The fourth-order valence-electron chi connectivity index (χ4n) is 3.59. The lowest BCUT2D eigenvalue weighted by atomic mass is 9.86. The smallest absolute Gasteiger partial charge is 0.329 e. The number of benzene rings is 1. The van der Waals surface area contributed by atoms with Crippen molar-refractivity contribution in [1.82, 2.24) is 4.90 Å². The van der Waals surface area contributed by atoms with Crippen LogP contribution in [0, 0.1) is 0 Å². The molecule has 1 saturated heterocycles. The van der Waals surface area contributed by atoms with E-state index in [9.17, 15) is 4.79 Å². The van der Waals surface area contributed by atoms with Crippen LogP contribution >= 0.6 is 0 Å². The number of aliphatic carboxylic acids is 1. The summed E-state index contributed by atoms with van der Waals surface area (Å²) in [6.07, 6.45) is 5.58. The predicted molar refractivity (Wildman–Crippen MR) is 80.4 cm³/mol. The molecule has 0 aromatic heterocycles. The van der Waals surface area contributed by atoms with Crippen LogP contribution in [-0.4, -0.2) is 47.8 Å². The van der Waals surface area contributed by atoms with Crippen LogP contribution < -0.4 is 0 Å². The lowest BCUT2D eigenvalue weighted by Crippen LogP contribution is -2.45. The Morgan fingerprint density at radius 3 is 2.62 bits per heavy atom. The molecule has 1 aromatic carbocycles. The predicted octanol–water partition coefficient (Wildman–Crippen LogP) is 2.11. The molecule has 1 fully saturated rings. The van der Waals surface area contributed by atoms with Gasteiger partial charge in [0.25, 0.3) is 0 Å². The maximum absolute atomic E-state index is 10.5. The molecule has 1 aromatic rings. The van der Waals surface area contributed by atoms with Crippen molar-refractivity contribution >= 4 is 5.97 Å². The Bertz CT molecular complexity index is 495. The summed E-state index contributed by atoms with van der Waals surface area (Å²) in [6, 6.07) is 9.40. The summed E-state index contributed by atoms with van der Waals surface area (Å²) < 4.78 is 5.41. The largest absolute Gasteiger partial charge is 0.480 e. The van der Waals surface area contributed by atoms with Gasteiger partial charge in [0, 0.05) is 19.1 Å². The molecule has 0 amide bonds. The summed E-state index contributed by atoms with van der Waals surface area (Å²) in [6.45, 7) is 1.88. The molecular weight excluding hydrogens is 266 g/mol. The van der Waals surface area contributed by atoms with Crippen molar-refractivity contribution in [2.24, 2.45) is 0 Å². The molecular formula is C17H23NO3. The van der Waals surface area contributed by atoms with Crippen LogP contribution in [0.25, 0.3) is 0 Å². The van der Waals surface area contributed by atoms with E-state index in [0.29, 0.717) is 6.04 Å². The van der Waals surface area contributed by atoms with Crippen LogP contribution in [0.15, 0.2) is 24.3 Å². The minimum atomic E-state index is -0.874. The normalized spacial score (nSPS) is 23.7. The van der Waals surface area contributed by atoms with Gasteiger partial charge in [-0.15, -0.1) is 0 Å². The zero-order valence-corrected chi connectivity index (χ0v) is 12.3. The molecule has 0 radical (unpaired) electrons. The van der Waals surface area contributed by atoms with Gasteiger partial charge in [0.05, 0.1) is 6.10 Å². The van der Waals surface area contributed by atoms with Crippen molar-refractivity contribution in [3.05, 3.63) is 35.4 Å². The molecule has 0 spiro atoms. The average Bonchev–Trinajstić information content (AvgIpc) is 2.53. The minimum absolute atomic E-state index is 0.119. The minimum Gasteiger partial charge on any atom is -0.480 e. The number of likely N-dealkylation sites (tertiary alicyclic amines) is 1. The zero-order chi connectivity index (χ0) is 14.7. The van der Waals surface area contributed by atoms with E-state index >= 15 is 0 Å². The van der Waals surface area contributed by atoms with Gasteiger partial charge in [0.1, 0.15) is 6.61 Å². The second-order valence-electron chi connectivity index (χ2n) is 6.11. The zero-order valence-electron chi connectivity index (χ0n) is 12.3. The third-order valence-electron chi connectivity index (χ3n) is 4.76. The Hall–Kier alpha value is -1.39. The van der Waals surface area contributed by atoms with E-state index < -0.39 is 5.97 Å². The topological polar surface area (TPSA) is 49.8 Å². The summed E-state index contributed by atoms with van der Waals surface area (Å²) in [5, 5.41) is 8.66. The van der Waals surface area contributed by atoms with E-state index in [4.69, 9.17) is 9.84 Å². The fraction of sp³-hybridized carbons (Fsp3) is 0.588. The molecule has 4 heteroatoms. The third-order valence-corrected chi connectivity index (χ3v) is 4.76. The van der Waals surface area contributed by atoms with Gasteiger partial charge >= 0.3 is 5.97 Å². The number of ether oxygens (including phenoxy) is 1. The van der Waals surface area contributed by atoms with Crippen molar-refractivity contribution in [2.45, 2.75) is 44.2 Å². The molecule has 114 valence electrons. The molecule has 0 bridgehead atoms. The first-order chi connectivity index (χ1) is 10.2. The molecule has 4 nitrogen and oxygen atoms in total. The van der Waals surface area contributed by atoms with Crippen LogP contribution in [0.3, 0.4) is 0 Å². The maximum atomic E-state index is 10.5. The Labute approximate surface area is 125 Å². The first-order valence-corrected chi connectivity index (χ1v) is 7.86. The number of nitrogens with zero attached hydrogens (tertiary/aromatic N) is 1. The van der Waals surface area contributed by atoms with E-state index in [-0.39, 0.29) is 12.7 Å². The van der Waals surface area contributed by atoms with Crippen LogP contribution in [0.2, 0.25) is 0 Å². The summed E-state index contributed by atoms with van der Waals surface area (Å²) in [4.78, 5) is 13.1. The first kappa shape index (κ1) is 14.5. The molecule has 0 saturated carbocycles. The van der Waals surface area contributed by atoms with Crippen LogP contribution in [-0.2, 0) is 22.4 Å². The standard InChI is InChI=1S/C17H23NO3/c19-17(20)12-21-16-7-9-18(10-8-16)15-6-5-13-3-1-2-4-14(13)11-15/h1-4,15-16H,5-12H2,(H,19,20). The lowest BCUT2D eigenvalue weighted by molar-refractivity contribution is -0.145. The molecule has 2 aliphatic rings. The van der Waals surface area contributed by atoms with E-state index in [1.165, 1.54) is 24.0 Å². The van der Waals surface area contributed by atoms with Gasteiger partial charge in [0.15, 0.2) is 0 Å². The van der Waals surface area contributed by atoms with Crippen molar-refractivity contribution in [3.63, 3.8) is 0 Å². The molecule has 21 heavy (non-hydrogen) atoms. The van der Waals surface area contributed by atoms with Gasteiger partial charge in [-0.25, -0.2) is 4.79 Å². The second-order valence-corrected chi connectivity index (χ2v) is 6.11. The van der Waals surface area contributed by atoms with E-state index in [1.54, 1.807) is 0 Å². The fourth-order valence-corrected chi connectivity index (χ4v) is 3.59. The number of carboxylic acid groups (broad SMARTS) is 1. The van der Waals surface area contributed by atoms with Crippen molar-refractivity contribution in [3.8, 4) is 0 Å². The van der Waals surface area contributed by atoms with Gasteiger partial charge in [-0.1, -0.05) is 24.3 Å². The second kappa shape index (κ2) is 6.58. The number of carboxylic acids is 1. The SMILES string of the molecule is O=C(O)COC1CCN(C2CCc3ccccc3C2)CC1. The van der Waals surface area contributed by atoms with Crippen molar-refractivity contribution in [1.29, 1.82) is 0 Å². The lowest BCUT2D eigenvalue weighted by Gasteiger charge is -2.39. The van der Waals surface area contributed by atoms with E-state index in [2.05, 4.69) is 29.2 Å². The van der Waals surface area contributed by atoms with Gasteiger partial charge in [0.2, 0.25) is 0 Å². The van der Waals surface area contributed by atoms with Crippen molar-refractivity contribution < 1.29 is 14.6 Å². The van der Waals surface area contributed by atoms with Gasteiger partial charge in [-0.2, -0.15) is 0 Å². The third kappa shape index (κ3) is 3.63. The number of hydrogen-bond donors (Lipinski definition) is 1. The molecule has 1 atom stereocenters. The number of carbonyl (C=O) groups is 1. The van der Waals surface area contributed by atoms with E-state index in [0.717, 1.165) is 32.4 Å². The monoisotopic (exact) mass is 289 g/mol. The highest BCUT2D eigenvalue weighted by Gasteiger charge is 2.28. The molecule has 1 aliphatic carbocycles. The number of hydrogen-bond acceptors (Lipinski definition) is 3. The Morgan fingerprint density at radius 2 is 1.90 bits per heavy atom. The Kier molecular flexibility index (Phi) is 4.56. The van der Waals surface area contributed by atoms with Gasteiger partial charge in [-0.3, -0.25) is 4.90 Å². The highest BCUT2D eigenvalue weighted by atomic mass is 16.5. The highest BCUT2D eigenvalue weighted by molar-refractivity contribution is 5.68. The van der Waals surface area contributed by atoms with Crippen LogP contribution in [0.5, 0.6) is 0 Å². The summed E-state index contributed by atoms with van der Waals surface area (Å²) in [5.74, 6) is -0.874. The first-order valence-electron chi connectivity index (χ1n) is 7.86.